The summed E-state index contributed by atoms with van der Waals surface area (Å²) in [4.78, 5) is 7.84. The van der Waals surface area contributed by atoms with Crippen LogP contribution >= 0.6 is 0 Å². The molecular formula is C12H15N3. The molecule has 0 fully saturated rings. The highest BCUT2D eigenvalue weighted by Gasteiger charge is 1.83. The molecule has 2 aromatic rings. The molecule has 0 radical (unpaired) electrons. The van der Waals surface area contributed by atoms with E-state index in [0.29, 0.717) is 0 Å². The van der Waals surface area contributed by atoms with Gasteiger partial charge in [-0.25, -0.2) is 4.98 Å². The number of pyridine rings is 2. The Labute approximate surface area is 90.2 Å². The average molecular weight is 201 g/mol. The Morgan fingerprint density at radius 2 is 1.73 bits per heavy atom. The molecule has 0 aliphatic heterocycles. The Kier molecular flexibility index (Phi) is 5.59. The fraction of sp³-hybridized carbons (Fsp3) is 0.167. The fourth-order valence-corrected chi connectivity index (χ4v) is 0.961. The summed E-state index contributed by atoms with van der Waals surface area (Å²) in [6.07, 6.45) is 5.28. The van der Waals surface area contributed by atoms with Gasteiger partial charge in [-0.05, 0) is 31.2 Å². The van der Waals surface area contributed by atoms with Crippen molar-refractivity contribution in [2.75, 3.05) is 11.9 Å². The van der Waals surface area contributed by atoms with E-state index in [0.717, 1.165) is 12.4 Å². The lowest BCUT2D eigenvalue weighted by molar-refractivity contribution is 1.16. The SMILES string of the molecule is CCNc1ccccn1.c1ccncc1. The van der Waals surface area contributed by atoms with Gasteiger partial charge in [0, 0.05) is 25.1 Å². The van der Waals surface area contributed by atoms with Gasteiger partial charge in [-0.1, -0.05) is 12.1 Å². The quantitative estimate of drug-likeness (QED) is 0.811. The van der Waals surface area contributed by atoms with Crippen molar-refractivity contribution in [3.05, 3.63) is 55.0 Å². The van der Waals surface area contributed by atoms with E-state index in [-0.39, 0.29) is 0 Å². The molecule has 78 valence electrons. The van der Waals surface area contributed by atoms with Crippen LogP contribution in [-0.2, 0) is 0 Å². The first-order valence-corrected chi connectivity index (χ1v) is 4.93. The molecule has 0 saturated heterocycles. The van der Waals surface area contributed by atoms with E-state index in [4.69, 9.17) is 0 Å². The standard InChI is InChI=1S/C7H10N2.C5H5N/c1-2-8-7-5-3-4-6-9-7;1-2-4-6-5-3-1/h3-6H,2H2,1H3,(H,8,9);1-5H. The lowest BCUT2D eigenvalue weighted by Crippen LogP contribution is -1.97. The molecule has 0 unspecified atom stereocenters. The normalized spacial score (nSPS) is 8.60. The second-order valence-corrected chi connectivity index (χ2v) is 2.77. The molecule has 2 rings (SSSR count). The van der Waals surface area contributed by atoms with Crippen LogP contribution in [0.4, 0.5) is 5.82 Å². The van der Waals surface area contributed by atoms with Crippen molar-refractivity contribution < 1.29 is 0 Å². The fourth-order valence-electron chi connectivity index (χ4n) is 0.961. The van der Waals surface area contributed by atoms with Gasteiger partial charge in [-0.3, -0.25) is 4.98 Å². The van der Waals surface area contributed by atoms with Crippen molar-refractivity contribution in [1.82, 2.24) is 9.97 Å². The number of hydrogen-bond donors (Lipinski definition) is 1. The number of nitrogens with zero attached hydrogens (tertiary/aromatic N) is 2. The van der Waals surface area contributed by atoms with Gasteiger partial charge in [0.15, 0.2) is 0 Å². The van der Waals surface area contributed by atoms with E-state index in [1.165, 1.54) is 0 Å². The van der Waals surface area contributed by atoms with Crippen LogP contribution in [0.3, 0.4) is 0 Å². The highest BCUT2D eigenvalue weighted by atomic mass is 15.0. The average Bonchev–Trinajstić information content (AvgIpc) is 2.34. The highest BCUT2D eigenvalue weighted by Crippen LogP contribution is 1.97. The Morgan fingerprint density at radius 1 is 1.00 bits per heavy atom. The monoisotopic (exact) mass is 201 g/mol. The van der Waals surface area contributed by atoms with E-state index in [1.54, 1.807) is 18.6 Å². The lowest BCUT2D eigenvalue weighted by Gasteiger charge is -1.97. The van der Waals surface area contributed by atoms with E-state index < -0.39 is 0 Å². The number of anilines is 1. The summed E-state index contributed by atoms with van der Waals surface area (Å²) in [5, 5.41) is 3.10. The molecule has 1 N–H and O–H groups in total. The van der Waals surface area contributed by atoms with Crippen LogP contribution in [-0.4, -0.2) is 16.5 Å². The molecule has 0 aliphatic rings. The maximum absolute atomic E-state index is 4.06. The number of rotatable bonds is 2. The van der Waals surface area contributed by atoms with Gasteiger partial charge in [0.25, 0.3) is 0 Å². The predicted octanol–water partition coefficient (Wildman–Crippen LogP) is 2.60. The third kappa shape index (κ3) is 5.41. The van der Waals surface area contributed by atoms with Gasteiger partial charge >= 0.3 is 0 Å². The summed E-state index contributed by atoms with van der Waals surface area (Å²) in [6, 6.07) is 11.5. The van der Waals surface area contributed by atoms with Crippen LogP contribution < -0.4 is 5.32 Å². The summed E-state index contributed by atoms with van der Waals surface area (Å²) < 4.78 is 0. The van der Waals surface area contributed by atoms with E-state index in [9.17, 15) is 0 Å². The molecule has 0 saturated carbocycles. The number of hydrogen-bond acceptors (Lipinski definition) is 3. The molecule has 15 heavy (non-hydrogen) atoms. The molecule has 2 heterocycles. The molecule has 0 atom stereocenters. The van der Waals surface area contributed by atoms with Crippen molar-refractivity contribution in [1.29, 1.82) is 0 Å². The second-order valence-electron chi connectivity index (χ2n) is 2.77. The Bertz CT molecular complexity index is 308. The summed E-state index contributed by atoms with van der Waals surface area (Å²) in [5.41, 5.74) is 0. The minimum Gasteiger partial charge on any atom is -0.370 e. The molecule has 0 spiro atoms. The molecule has 3 heteroatoms. The number of aromatic nitrogens is 2. The molecular weight excluding hydrogens is 186 g/mol. The van der Waals surface area contributed by atoms with Gasteiger partial charge in [0.05, 0.1) is 0 Å². The van der Waals surface area contributed by atoms with Crippen LogP contribution in [0.2, 0.25) is 0 Å². The summed E-state index contributed by atoms with van der Waals surface area (Å²) in [5.74, 6) is 0.944. The minimum absolute atomic E-state index is 0.928. The zero-order valence-corrected chi connectivity index (χ0v) is 8.80. The van der Waals surface area contributed by atoms with Gasteiger partial charge in [0.2, 0.25) is 0 Å². The van der Waals surface area contributed by atoms with Crippen LogP contribution in [0.5, 0.6) is 0 Å². The van der Waals surface area contributed by atoms with Crippen LogP contribution in [0.15, 0.2) is 55.0 Å². The second kappa shape index (κ2) is 7.50. The van der Waals surface area contributed by atoms with Crippen LogP contribution in [0.25, 0.3) is 0 Å². The summed E-state index contributed by atoms with van der Waals surface area (Å²) in [7, 11) is 0. The van der Waals surface area contributed by atoms with Crippen molar-refractivity contribution in [3.8, 4) is 0 Å². The largest absolute Gasteiger partial charge is 0.370 e. The first kappa shape index (κ1) is 11.2. The Balaban J connectivity index is 0.000000162. The summed E-state index contributed by atoms with van der Waals surface area (Å²) in [6.45, 7) is 2.98. The van der Waals surface area contributed by atoms with Gasteiger partial charge in [0.1, 0.15) is 5.82 Å². The van der Waals surface area contributed by atoms with E-state index in [1.807, 2.05) is 36.4 Å². The molecule has 0 aliphatic carbocycles. The maximum Gasteiger partial charge on any atom is 0.125 e. The van der Waals surface area contributed by atoms with Crippen molar-refractivity contribution in [3.63, 3.8) is 0 Å². The molecule has 0 bridgehead atoms. The van der Waals surface area contributed by atoms with Crippen LogP contribution in [0.1, 0.15) is 6.92 Å². The van der Waals surface area contributed by atoms with Crippen molar-refractivity contribution in [2.45, 2.75) is 6.92 Å². The minimum atomic E-state index is 0.928. The van der Waals surface area contributed by atoms with Gasteiger partial charge < -0.3 is 5.32 Å². The predicted molar refractivity (Wildman–Crippen MR) is 62.6 cm³/mol. The van der Waals surface area contributed by atoms with Crippen LogP contribution in [0, 0.1) is 0 Å². The molecule has 0 aromatic carbocycles. The molecule has 0 amide bonds. The molecule has 3 nitrogen and oxygen atoms in total. The smallest absolute Gasteiger partial charge is 0.125 e. The number of nitrogens with one attached hydrogen (secondary N) is 1. The van der Waals surface area contributed by atoms with E-state index >= 15 is 0 Å². The third-order valence-corrected chi connectivity index (χ3v) is 1.59. The van der Waals surface area contributed by atoms with Gasteiger partial charge in [-0.15, -0.1) is 0 Å². The molecule has 2 aromatic heterocycles. The lowest BCUT2D eigenvalue weighted by atomic mass is 10.5. The Hall–Kier alpha value is -1.90. The third-order valence-electron chi connectivity index (χ3n) is 1.59. The van der Waals surface area contributed by atoms with Gasteiger partial charge in [-0.2, -0.15) is 0 Å². The van der Waals surface area contributed by atoms with E-state index in [2.05, 4.69) is 22.2 Å². The zero-order valence-electron chi connectivity index (χ0n) is 8.80. The maximum atomic E-state index is 4.06. The topological polar surface area (TPSA) is 37.8 Å². The zero-order chi connectivity index (χ0) is 10.8. The summed E-state index contributed by atoms with van der Waals surface area (Å²) >= 11 is 0. The van der Waals surface area contributed by atoms with Crippen molar-refractivity contribution >= 4 is 5.82 Å². The first-order valence-electron chi connectivity index (χ1n) is 4.93. The van der Waals surface area contributed by atoms with Crippen molar-refractivity contribution in [2.24, 2.45) is 0 Å². The first-order chi connectivity index (χ1) is 7.43. The Morgan fingerprint density at radius 3 is 2.13 bits per heavy atom. The highest BCUT2D eigenvalue weighted by molar-refractivity contribution is 5.32.